The van der Waals surface area contributed by atoms with Crippen molar-refractivity contribution in [3.8, 4) is 0 Å². The Bertz CT molecular complexity index is 231. The van der Waals surface area contributed by atoms with Crippen molar-refractivity contribution >= 4 is 11.9 Å². The third kappa shape index (κ3) is 38.6. The lowest BCUT2D eigenvalue weighted by Crippen LogP contribution is -2.11. The molecule has 0 radical (unpaired) electrons. The topological polar surface area (TPSA) is 213 Å². The molecule has 0 saturated carbocycles. The Labute approximate surface area is 135 Å². The molecule has 0 aromatic rings. The lowest BCUT2D eigenvalue weighted by Gasteiger charge is -2.04. The second kappa shape index (κ2) is 25.6. The summed E-state index contributed by atoms with van der Waals surface area (Å²) in [6, 6.07) is 0. The van der Waals surface area contributed by atoms with Crippen LogP contribution in [0.1, 0.15) is 12.8 Å². The van der Waals surface area contributed by atoms with Gasteiger partial charge >= 0.3 is 11.9 Å². The van der Waals surface area contributed by atoms with Crippen molar-refractivity contribution in [2.45, 2.75) is 12.8 Å². The van der Waals surface area contributed by atoms with Crippen molar-refractivity contribution in [2.24, 2.45) is 0 Å². The lowest BCUT2D eigenvalue weighted by molar-refractivity contribution is -0.143. The quantitative estimate of drug-likeness (QED) is 0.229. The highest BCUT2D eigenvalue weighted by Gasteiger charge is 2.00. The van der Waals surface area contributed by atoms with Crippen LogP contribution in [0.5, 0.6) is 0 Å². The van der Waals surface area contributed by atoms with Crippen LogP contribution < -0.4 is 12.3 Å². The number of aliphatic carboxylic acids is 2. The van der Waals surface area contributed by atoms with E-state index in [-0.39, 0.29) is 38.4 Å². The molecule has 0 fully saturated rings. The number of aliphatic hydroxyl groups is 2. The van der Waals surface area contributed by atoms with E-state index in [0.29, 0.717) is 39.6 Å². The average Bonchev–Trinajstić information content (AvgIpc) is 2.44. The van der Waals surface area contributed by atoms with Crippen molar-refractivity contribution in [3.05, 3.63) is 0 Å². The van der Waals surface area contributed by atoms with E-state index < -0.39 is 11.9 Å². The molecule has 11 nitrogen and oxygen atoms in total. The fourth-order valence-corrected chi connectivity index (χ4v) is 0.885. The van der Waals surface area contributed by atoms with E-state index in [1.165, 1.54) is 0 Å². The molecule has 0 heterocycles. The number of hydrogen-bond acceptors (Lipinski definition) is 9. The summed E-state index contributed by atoms with van der Waals surface area (Å²) in [5.41, 5.74) is 0. The molecule has 142 valence electrons. The summed E-state index contributed by atoms with van der Waals surface area (Å²) in [4.78, 5) is 19.3. The van der Waals surface area contributed by atoms with Gasteiger partial charge in [0.2, 0.25) is 0 Å². The fourth-order valence-electron chi connectivity index (χ4n) is 0.885. The molecule has 0 aromatic carbocycles. The normalized spacial score (nSPS) is 8.96. The van der Waals surface area contributed by atoms with Crippen molar-refractivity contribution in [1.82, 2.24) is 12.3 Å². The van der Waals surface area contributed by atoms with Crippen molar-refractivity contribution in [2.75, 3.05) is 52.9 Å². The first-order chi connectivity index (χ1) is 10.0. The minimum Gasteiger partial charge on any atom is -0.481 e. The Morgan fingerprint density at radius 3 is 1.09 bits per heavy atom. The smallest absolute Gasteiger partial charge is 0.303 e. The number of hydrogen-bond donors (Lipinski definition) is 6. The molecule has 0 atom stereocenters. The van der Waals surface area contributed by atoms with Gasteiger partial charge in [-0.25, -0.2) is 0 Å². The van der Waals surface area contributed by atoms with Crippen LogP contribution in [0.3, 0.4) is 0 Å². The maximum Gasteiger partial charge on any atom is 0.303 e. The molecular weight excluding hydrogens is 316 g/mol. The molecule has 23 heavy (non-hydrogen) atoms. The zero-order valence-electron chi connectivity index (χ0n) is 13.3. The van der Waals surface area contributed by atoms with Gasteiger partial charge in [0.15, 0.2) is 0 Å². The largest absolute Gasteiger partial charge is 0.481 e. The maximum atomic E-state index is 9.64. The first-order valence-corrected chi connectivity index (χ1v) is 6.43. The van der Waals surface area contributed by atoms with Crippen LogP contribution in [-0.2, 0) is 23.8 Å². The third-order valence-electron chi connectivity index (χ3n) is 1.77. The van der Waals surface area contributed by atoms with Crippen LogP contribution in [0.15, 0.2) is 0 Å². The van der Waals surface area contributed by atoms with Gasteiger partial charge in [-0.1, -0.05) is 0 Å². The number of ether oxygens (including phenoxy) is 3. The number of aliphatic hydroxyl groups excluding tert-OH is 2. The highest BCUT2D eigenvalue weighted by Crippen LogP contribution is 1.86. The third-order valence-corrected chi connectivity index (χ3v) is 1.77. The van der Waals surface area contributed by atoms with Gasteiger partial charge in [-0.3, -0.25) is 9.59 Å². The van der Waals surface area contributed by atoms with Gasteiger partial charge in [-0.15, -0.1) is 0 Å². The molecule has 0 bridgehead atoms. The molecule has 0 aliphatic rings. The second-order valence-corrected chi connectivity index (χ2v) is 3.57. The first-order valence-electron chi connectivity index (χ1n) is 6.43. The SMILES string of the molecule is N.N.O=C(O)CCC(=O)O.OCCOCCOCCOCCO. The molecule has 0 rings (SSSR count). The molecule has 11 heteroatoms. The molecule has 0 aliphatic carbocycles. The predicted molar refractivity (Wildman–Crippen MR) is 81.2 cm³/mol. The Morgan fingerprint density at radius 2 is 0.870 bits per heavy atom. The standard InChI is InChI=1S/C8H18O5.C4H6O4.2H3N/c9-1-3-11-5-7-13-8-6-12-4-2-10;5-3(6)1-2-4(7)8;;/h9-10H,1-8H2;1-2H2,(H,5,6)(H,7,8);2*1H3. The average molecular weight is 346 g/mol. The van der Waals surface area contributed by atoms with E-state index in [1.54, 1.807) is 0 Å². The van der Waals surface area contributed by atoms with Crippen molar-refractivity contribution in [1.29, 1.82) is 0 Å². The van der Waals surface area contributed by atoms with Crippen molar-refractivity contribution in [3.63, 3.8) is 0 Å². The minimum absolute atomic E-state index is 0. The summed E-state index contributed by atoms with van der Waals surface area (Å²) in [5, 5.41) is 32.5. The van der Waals surface area contributed by atoms with Gasteiger partial charge in [-0.05, 0) is 0 Å². The van der Waals surface area contributed by atoms with E-state index in [4.69, 9.17) is 34.6 Å². The zero-order valence-corrected chi connectivity index (χ0v) is 13.3. The summed E-state index contributed by atoms with van der Waals surface area (Å²) < 4.78 is 15.0. The van der Waals surface area contributed by atoms with E-state index in [2.05, 4.69) is 0 Å². The van der Waals surface area contributed by atoms with Crippen LogP contribution in [0, 0.1) is 0 Å². The van der Waals surface area contributed by atoms with Gasteiger partial charge in [-0.2, -0.15) is 0 Å². The summed E-state index contributed by atoms with van der Waals surface area (Å²) in [7, 11) is 0. The van der Waals surface area contributed by atoms with Crippen LogP contribution in [0.25, 0.3) is 0 Å². The highest BCUT2D eigenvalue weighted by molar-refractivity contribution is 5.75. The molecule has 0 unspecified atom stereocenters. The molecular formula is C12H30N2O9. The monoisotopic (exact) mass is 346 g/mol. The molecule has 0 aromatic heterocycles. The van der Waals surface area contributed by atoms with E-state index in [9.17, 15) is 9.59 Å². The molecule has 0 aliphatic heterocycles. The van der Waals surface area contributed by atoms with Crippen LogP contribution >= 0.6 is 0 Å². The first kappa shape index (κ1) is 29.6. The summed E-state index contributed by atoms with van der Waals surface area (Å²) in [6.45, 7) is 2.76. The molecule has 0 amide bonds. The summed E-state index contributed by atoms with van der Waals surface area (Å²) in [5.74, 6) is -2.15. The van der Waals surface area contributed by atoms with Gasteiger partial charge < -0.3 is 46.9 Å². The molecule has 0 spiro atoms. The van der Waals surface area contributed by atoms with Gasteiger partial charge in [0, 0.05) is 0 Å². The Hall–Kier alpha value is -1.34. The molecule has 10 N–H and O–H groups in total. The summed E-state index contributed by atoms with van der Waals surface area (Å²) >= 11 is 0. The van der Waals surface area contributed by atoms with Crippen LogP contribution in [0.2, 0.25) is 0 Å². The Balaban J connectivity index is -0.000000158. The maximum absolute atomic E-state index is 9.64. The zero-order chi connectivity index (χ0) is 16.3. The van der Waals surface area contributed by atoms with Crippen molar-refractivity contribution < 1.29 is 44.2 Å². The number of carbonyl (C=O) groups is 2. The fraction of sp³-hybridized carbons (Fsp3) is 0.833. The Kier molecular flexibility index (Phi) is 33.0. The van der Waals surface area contributed by atoms with E-state index in [0.717, 1.165) is 0 Å². The van der Waals surface area contributed by atoms with Gasteiger partial charge in [0.05, 0.1) is 65.7 Å². The van der Waals surface area contributed by atoms with Gasteiger partial charge in [0.25, 0.3) is 0 Å². The number of carboxylic acid groups (broad SMARTS) is 2. The minimum atomic E-state index is -1.08. The second-order valence-electron chi connectivity index (χ2n) is 3.57. The number of carboxylic acids is 2. The molecule has 0 saturated heterocycles. The lowest BCUT2D eigenvalue weighted by atomic mass is 10.3. The van der Waals surface area contributed by atoms with Crippen LogP contribution in [0.4, 0.5) is 0 Å². The highest BCUT2D eigenvalue weighted by atomic mass is 16.5. The van der Waals surface area contributed by atoms with Gasteiger partial charge in [0.1, 0.15) is 0 Å². The summed E-state index contributed by atoms with van der Waals surface area (Å²) in [6.07, 6.45) is -0.593. The van der Waals surface area contributed by atoms with E-state index in [1.807, 2.05) is 0 Å². The van der Waals surface area contributed by atoms with E-state index >= 15 is 0 Å². The van der Waals surface area contributed by atoms with Crippen LogP contribution in [-0.4, -0.2) is 85.2 Å². The Morgan fingerprint density at radius 1 is 0.609 bits per heavy atom. The number of rotatable bonds is 13. The predicted octanol–water partition coefficient (Wildman–Crippen LogP) is -0.719.